The van der Waals surface area contributed by atoms with Crippen LogP contribution >= 0.6 is 11.3 Å². The summed E-state index contributed by atoms with van der Waals surface area (Å²) >= 11 is 1.32. The van der Waals surface area contributed by atoms with Crippen LogP contribution in [0.2, 0.25) is 0 Å². The number of aryl methyl sites for hydroxylation is 1. The molecule has 1 amide bonds. The smallest absolute Gasteiger partial charge is 0.263 e. The lowest BCUT2D eigenvalue weighted by Crippen LogP contribution is -2.25. The van der Waals surface area contributed by atoms with Crippen molar-refractivity contribution in [3.63, 3.8) is 0 Å². The van der Waals surface area contributed by atoms with Gasteiger partial charge in [0.05, 0.1) is 11.8 Å². The van der Waals surface area contributed by atoms with E-state index in [-0.39, 0.29) is 17.8 Å². The van der Waals surface area contributed by atoms with E-state index in [1.54, 1.807) is 19.1 Å². The number of thiazole rings is 1. The second kappa shape index (κ2) is 8.17. The topological polar surface area (TPSA) is 51.2 Å². The van der Waals surface area contributed by atoms with Crippen LogP contribution in [-0.4, -0.2) is 30.1 Å². The van der Waals surface area contributed by atoms with E-state index in [1.165, 1.54) is 23.5 Å². The van der Waals surface area contributed by atoms with Gasteiger partial charge in [0.2, 0.25) is 0 Å². The van der Waals surface area contributed by atoms with E-state index in [4.69, 9.17) is 4.74 Å². The average molecular weight is 336 g/mol. The molecule has 0 unspecified atom stereocenters. The fourth-order valence-corrected chi connectivity index (χ4v) is 2.98. The molecule has 0 fully saturated rings. The van der Waals surface area contributed by atoms with Crippen LogP contribution in [0.15, 0.2) is 24.3 Å². The van der Waals surface area contributed by atoms with E-state index in [0.717, 1.165) is 17.0 Å². The first-order chi connectivity index (χ1) is 11.0. The first-order valence-electron chi connectivity index (χ1n) is 7.60. The second-order valence-corrected chi connectivity index (χ2v) is 6.47. The summed E-state index contributed by atoms with van der Waals surface area (Å²) in [6.45, 7) is 6.96. The van der Waals surface area contributed by atoms with Crippen LogP contribution in [0.5, 0.6) is 0 Å². The van der Waals surface area contributed by atoms with Crippen molar-refractivity contribution in [1.82, 2.24) is 10.3 Å². The Balaban J connectivity index is 1.95. The number of nitrogens with zero attached hydrogens (tertiary/aromatic N) is 1. The first-order valence-corrected chi connectivity index (χ1v) is 8.42. The lowest BCUT2D eigenvalue weighted by atomic mass is 10.2. The largest absolute Gasteiger partial charge is 0.379 e. The molecule has 0 bridgehead atoms. The number of carbonyl (C=O) groups is 1. The van der Waals surface area contributed by atoms with Gasteiger partial charge in [-0.05, 0) is 51.5 Å². The second-order valence-electron chi connectivity index (χ2n) is 5.47. The van der Waals surface area contributed by atoms with Gasteiger partial charge in [0.25, 0.3) is 5.91 Å². The van der Waals surface area contributed by atoms with Gasteiger partial charge < -0.3 is 10.1 Å². The van der Waals surface area contributed by atoms with Crippen LogP contribution in [0.1, 0.15) is 35.6 Å². The molecule has 0 aliphatic rings. The molecule has 0 saturated carbocycles. The van der Waals surface area contributed by atoms with Crippen LogP contribution < -0.4 is 5.32 Å². The standard InChI is InChI=1S/C17H21FN2O2S/c1-11(2)22-10-4-9-19-16(21)15-12(3)20-17(23-15)13-5-7-14(18)8-6-13/h5-8,11H,4,9-10H2,1-3H3,(H,19,21). The molecule has 1 aromatic carbocycles. The summed E-state index contributed by atoms with van der Waals surface area (Å²) in [6.07, 6.45) is 0.972. The molecule has 1 heterocycles. The predicted octanol–water partition coefficient (Wildman–Crippen LogP) is 3.80. The third kappa shape index (κ3) is 5.11. The van der Waals surface area contributed by atoms with Gasteiger partial charge in [-0.15, -0.1) is 11.3 Å². The molecule has 4 nitrogen and oxygen atoms in total. The lowest BCUT2D eigenvalue weighted by Gasteiger charge is -2.07. The number of hydrogen-bond donors (Lipinski definition) is 1. The van der Waals surface area contributed by atoms with E-state index in [2.05, 4.69) is 10.3 Å². The van der Waals surface area contributed by atoms with Gasteiger partial charge in [0.15, 0.2) is 0 Å². The molecule has 2 rings (SSSR count). The van der Waals surface area contributed by atoms with Crippen molar-refractivity contribution in [3.8, 4) is 10.6 Å². The van der Waals surface area contributed by atoms with E-state index in [0.29, 0.717) is 23.7 Å². The predicted molar refractivity (Wildman–Crippen MR) is 90.3 cm³/mol. The summed E-state index contributed by atoms with van der Waals surface area (Å²) in [6, 6.07) is 6.11. The van der Waals surface area contributed by atoms with Crippen molar-refractivity contribution in [1.29, 1.82) is 0 Å². The summed E-state index contributed by atoms with van der Waals surface area (Å²) in [4.78, 5) is 17.2. The Bertz CT molecular complexity index is 653. The Labute approximate surface area is 139 Å². The van der Waals surface area contributed by atoms with E-state index < -0.39 is 0 Å². The summed E-state index contributed by atoms with van der Waals surface area (Å²) in [5, 5.41) is 3.60. The highest BCUT2D eigenvalue weighted by Gasteiger charge is 2.15. The van der Waals surface area contributed by atoms with Crippen molar-refractivity contribution in [2.24, 2.45) is 0 Å². The number of ether oxygens (including phenoxy) is 1. The normalized spacial score (nSPS) is 11.0. The van der Waals surface area contributed by atoms with Gasteiger partial charge >= 0.3 is 0 Å². The number of halogens is 1. The monoisotopic (exact) mass is 336 g/mol. The number of rotatable bonds is 7. The van der Waals surface area contributed by atoms with Crippen molar-refractivity contribution in [2.45, 2.75) is 33.3 Å². The van der Waals surface area contributed by atoms with Gasteiger partial charge in [0.1, 0.15) is 15.7 Å². The third-order valence-corrected chi connectivity index (χ3v) is 4.36. The third-order valence-electron chi connectivity index (χ3n) is 3.15. The molecule has 23 heavy (non-hydrogen) atoms. The Morgan fingerprint density at radius 2 is 2.04 bits per heavy atom. The minimum Gasteiger partial charge on any atom is -0.379 e. The molecule has 0 aliphatic carbocycles. The van der Waals surface area contributed by atoms with Crippen molar-refractivity contribution in [3.05, 3.63) is 40.7 Å². The molecular weight excluding hydrogens is 315 g/mol. The van der Waals surface area contributed by atoms with Crippen molar-refractivity contribution in [2.75, 3.05) is 13.2 Å². The van der Waals surface area contributed by atoms with E-state index in [1.807, 2.05) is 13.8 Å². The molecule has 0 spiro atoms. The van der Waals surface area contributed by atoms with Crippen LogP contribution in [0.4, 0.5) is 4.39 Å². The maximum absolute atomic E-state index is 13.0. The number of carbonyl (C=O) groups excluding carboxylic acids is 1. The van der Waals surface area contributed by atoms with Crippen LogP contribution in [0, 0.1) is 12.7 Å². The van der Waals surface area contributed by atoms with Crippen molar-refractivity contribution < 1.29 is 13.9 Å². The summed E-state index contributed by atoms with van der Waals surface area (Å²) in [5.41, 5.74) is 1.49. The summed E-state index contributed by atoms with van der Waals surface area (Å²) in [5.74, 6) is -0.415. The molecule has 0 saturated heterocycles. The molecule has 1 aromatic heterocycles. The minimum absolute atomic E-state index is 0.127. The summed E-state index contributed by atoms with van der Waals surface area (Å²) < 4.78 is 18.4. The zero-order valence-electron chi connectivity index (χ0n) is 13.6. The Kier molecular flexibility index (Phi) is 6.24. The zero-order valence-corrected chi connectivity index (χ0v) is 14.4. The van der Waals surface area contributed by atoms with Gasteiger partial charge in [-0.3, -0.25) is 4.79 Å². The number of amides is 1. The molecular formula is C17H21FN2O2S. The van der Waals surface area contributed by atoms with Gasteiger partial charge in [0, 0.05) is 18.7 Å². The lowest BCUT2D eigenvalue weighted by molar-refractivity contribution is 0.0757. The molecule has 6 heteroatoms. The summed E-state index contributed by atoms with van der Waals surface area (Å²) in [7, 11) is 0. The molecule has 0 radical (unpaired) electrons. The molecule has 0 atom stereocenters. The molecule has 1 N–H and O–H groups in total. The highest BCUT2D eigenvalue weighted by Crippen LogP contribution is 2.27. The SMILES string of the molecule is Cc1nc(-c2ccc(F)cc2)sc1C(=O)NCCCOC(C)C. The molecule has 0 aliphatic heterocycles. The van der Waals surface area contributed by atoms with Gasteiger partial charge in [-0.25, -0.2) is 9.37 Å². The number of nitrogens with one attached hydrogen (secondary N) is 1. The molecule has 2 aromatic rings. The quantitative estimate of drug-likeness (QED) is 0.783. The fraction of sp³-hybridized carbons (Fsp3) is 0.412. The van der Waals surface area contributed by atoms with E-state index >= 15 is 0 Å². The van der Waals surface area contributed by atoms with Gasteiger partial charge in [-0.1, -0.05) is 0 Å². The number of benzene rings is 1. The van der Waals surface area contributed by atoms with Gasteiger partial charge in [-0.2, -0.15) is 0 Å². The average Bonchev–Trinajstić information content (AvgIpc) is 2.89. The first kappa shape index (κ1) is 17.6. The maximum Gasteiger partial charge on any atom is 0.263 e. The van der Waals surface area contributed by atoms with Crippen LogP contribution in [-0.2, 0) is 4.74 Å². The van der Waals surface area contributed by atoms with E-state index in [9.17, 15) is 9.18 Å². The Morgan fingerprint density at radius 1 is 1.35 bits per heavy atom. The number of aromatic nitrogens is 1. The number of hydrogen-bond acceptors (Lipinski definition) is 4. The van der Waals surface area contributed by atoms with Crippen LogP contribution in [0.3, 0.4) is 0 Å². The highest BCUT2D eigenvalue weighted by atomic mass is 32.1. The zero-order chi connectivity index (χ0) is 16.8. The van der Waals surface area contributed by atoms with Crippen LogP contribution in [0.25, 0.3) is 10.6 Å². The molecule has 124 valence electrons. The van der Waals surface area contributed by atoms with Crippen molar-refractivity contribution >= 4 is 17.2 Å². The minimum atomic E-state index is -0.288. The Morgan fingerprint density at radius 3 is 2.70 bits per heavy atom. The maximum atomic E-state index is 13.0. The Hall–Kier alpha value is -1.79. The fourth-order valence-electron chi connectivity index (χ4n) is 2.00. The highest BCUT2D eigenvalue weighted by molar-refractivity contribution is 7.17.